The molecule has 2 rings (SSSR count). The highest BCUT2D eigenvalue weighted by molar-refractivity contribution is 9.10. The summed E-state index contributed by atoms with van der Waals surface area (Å²) in [6.07, 6.45) is -1.23. The average molecular weight is 331 g/mol. The summed E-state index contributed by atoms with van der Waals surface area (Å²) >= 11 is 3.11. The lowest BCUT2D eigenvalue weighted by atomic mass is 10.0. The third kappa shape index (κ3) is 3.36. The molecule has 0 spiro atoms. The van der Waals surface area contributed by atoms with E-state index in [1.54, 1.807) is 0 Å². The van der Waals surface area contributed by atoms with Gasteiger partial charge in [0.1, 0.15) is 5.82 Å². The number of rotatable bonds is 3. The molecule has 2 aromatic carbocycles. The van der Waals surface area contributed by atoms with Crippen LogP contribution < -0.4 is 0 Å². The Hall–Kier alpha value is -1.33. The van der Waals surface area contributed by atoms with Crippen molar-refractivity contribution in [3.63, 3.8) is 0 Å². The zero-order valence-corrected chi connectivity index (χ0v) is 11.3. The minimum Gasteiger partial charge on any atom is -0.388 e. The van der Waals surface area contributed by atoms with Gasteiger partial charge in [0.15, 0.2) is 11.6 Å². The third-order valence-corrected chi connectivity index (χ3v) is 3.17. The van der Waals surface area contributed by atoms with Crippen molar-refractivity contribution in [2.24, 2.45) is 0 Å². The highest BCUT2D eigenvalue weighted by atomic mass is 79.9. The predicted molar refractivity (Wildman–Crippen MR) is 69.1 cm³/mol. The Morgan fingerprint density at radius 1 is 1.11 bits per heavy atom. The second kappa shape index (κ2) is 5.75. The van der Waals surface area contributed by atoms with Crippen LogP contribution in [0.15, 0.2) is 40.9 Å². The maximum Gasteiger partial charge on any atom is 0.162 e. The molecule has 0 fully saturated rings. The molecule has 100 valence electrons. The van der Waals surface area contributed by atoms with E-state index in [2.05, 4.69) is 15.9 Å². The van der Waals surface area contributed by atoms with Gasteiger partial charge in [0.05, 0.1) is 6.10 Å². The van der Waals surface area contributed by atoms with Crippen molar-refractivity contribution in [1.82, 2.24) is 0 Å². The van der Waals surface area contributed by atoms with Crippen LogP contribution in [0, 0.1) is 17.5 Å². The van der Waals surface area contributed by atoms with Gasteiger partial charge in [-0.05, 0) is 35.4 Å². The molecular formula is C14H10BrF3O. The number of hydrogen-bond donors (Lipinski definition) is 1. The van der Waals surface area contributed by atoms with Gasteiger partial charge in [0.2, 0.25) is 0 Å². The minimum absolute atomic E-state index is 0.0490. The monoisotopic (exact) mass is 330 g/mol. The van der Waals surface area contributed by atoms with E-state index in [-0.39, 0.29) is 12.0 Å². The van der Waals surface area contributed by atoms with Crippen molar-refractivity contribution < 1.29 is 18.3 Å². The van der Waals surface area contributed by atoms with Crippen molar-refractivity contribution in [2.75, 3.05) is 0 Å². The van der Waals surface area contributed by atoms with Crippen LogP contribution in [0.1, 0.15) is 17.2 Å². The molecular weight excluding hydrogens is 321 g/mol. The van der Waals surface area contributed by atoms with Crippen molar-refractivity contribution in [3.05, 3.63) is 69.4 Å². The van der Waals surface area contributed by atoms with E-state index in [0.717, 1.165) is 12.1 Å². The first kappa shape index (κ1) is 14.1. The fourth-order valence-corrected chi connectivity index (χ4v) is 2.28. The molecule has 0 saturated carbocycles. The number of benzene rings is 2. The fraction of sp³-hybridized carbons (Fsp3) is 0.143. The molecule has 1 atom stereocenters. The summed E-state index contributed by atoms with van der Waals surface area (Å²) in [6, 6.07) is 7.69. The second-order valence-corrected chi connectivity index (χ2v) is 5.05. The lowest BCUT2D eigenvalue weighted by Crippen LogP contribution is -2.05. The Bertz CT molecular complexity index is 581. The molecule has 0 heterocycles. The molecule has 0 aromatic heterocycles. The summed E-state index contributed by atoms with van der Waals surface area (Å²) in [5, 5.41) is 9.96. The first-order valence-electron chi connectivity index (χ1n) is 5.54. The number of aliphatic hydroxyl groups is 1. The highest BCUT2D eigenvalue weighted by Gasteiger charge is 2.15. The van der Waals surface area contributed by atoms with Gasteiger partial charge in [-0.15, -0.1) is 0 Å². The maximum absolute atomic E-state index is 13.5. The Balaban J connectivity index is 2.25. The van der Waals surface area contributed by atoms with Gasteiger partial charge >= 0.3 is 0 Å². The van der Waals surface area contributed by atoms with Crippen LogP contribution in [-0.2, 0) is 6.42 Å². The topological polar surface area (TPSA) is 20.2 Å². The normalized spacial score (nSPS) is 12.5. The number of hydrogen-bond acceptors (Lipinski definition) is 1. The Morgan fingerprint density at radius 3 is 2.53 bits per heavy atom. The van der Waals surface area contributed by atoms with Crippen LogP contribution in [0.25, 0.3) is 0 Å². The molecule has 0 aliphatic heterocycles. The van der Waals surface area contributed by atoms with E-state index in [0.29, 0.717) is 10.0 Å². The van der Waals surface area contributed by atoms with Crippen molar-refractivity contribution in [3.8, 4) is 0 Å². The Kier molecular flexibility index (Phi) is 4.27. The van der Waals surface area contributed by atoms with Crippen LogP contribution >= 0.6 is 15.9 Å². The van der Waals surface area contributed by atoms with E-state index in [1.807, 2.05) is 0 Å². The molecule has 0 bridgehead atoms. The molecule has 5 heteroatoms. The smallest absolute Gasteiger partial charge is 0.162 e. The van der Waals surface area contributed by atoms with Crippen LogP contribution in [-0.4, -0.2) is 5.11 Å². The van der Waals surface area contributed by atoms with Crippen molar-refractivity contribution in [2.45, 2.75) is 12.5 Å². The van der Waals surface area contributed by atoms with E-state index in [4.69, 9.17) is 0 Å². The SMILES string of the molecule is OC(Cc1cccc(F)c1F)c1cc(F)cc(Br)c1. The maximum atomic E-state index is 13.5. The number of aliphatic hydroxyl groups excluding tert-OH is 1. The Labute approximate surface area is 116 Å². The van der Waals surface area contributed by atoms with E-state index < -0.39 is 23.6 Å². The zero-order valence-electron chi connectivity index (χ0n) is 9.71. The van der Waals surface area contributed by atoms with Crippen LogP contribution in [0.3, 0.4) is 0 Å². The third-order valence-electron chi connectivity index (χ3n) is 2.71. The molecule has 19 heavy (non-hydrogen) atoms. The highest BCUT2D eigenvalue weighted by Crippen LogP contribution is 2.24. The first-order valence-corrected chi connectivity index (χ1v) is 6.33. The minimum atomic E-state index is -1.11. The summed E-state index contributed by atoms with van der Waals surface area (Å²) in [6.45, 7) is 0. The van der Waals surface area contributed by atoms with Crippen molar-refractivity contribution >= 4 is 15.9 Å². The Morgan fingerprint density at radius 2 is 1.84 bits per heavy atom. The molecule has 0 amide bonds. The molecule has 1 unspecified atom stereocenters. The molecule has 0 radical (unpaired) electrons. The van der Waals surface area contributed by atoms with Gasteiger partial charge in [-0.1, -0.05) is 28.1 Å². The molecule has 0 aliphatic rings. The summed E-state index contributed by atoms with van der Waals surface area (Å²) in [5.41, 5.74) is 0.350. The van der Waals surface area contributed by atoms with Crippen LogP contribution in [0.2, 0.25) is 0 Å². The molecule has 2 aromatic rings. The van der Waals surface area contributed by atoms with Crippen LogP contribution in [0.5, 0.6) is 0 Å². The van der Waals surface area contributed by atoms with E-state index in [1.165, 1.54) is 24.3 Å². The van der Waals surface area contributed by atoms with Gasteiger partial charge in [0, 0.05) is 10.9 Å². The molecule has 1 nitrogen and oxygen atoms in total. The standard InChI is InChI=1S/C14H10BrF3O/c15-10-4-9(5-11(16)7-10)13(19)6-8-2-1-3-12(17)14(8)18/h1-5,7,13,19H,6H2. The molecule has 0 aliphatic carbocycles. The summed E-state index contributed by atoms with van der Waals surface area (Å²) in [7, 11) is 0. The predicted octanol–water partition coefficient (Wildman–Crippen LogP) is 4.14. The van der Waals surface area contributed by atoms with Gasteiger partial charge < -0.3 is 5.11 Å². The van der Waals surface area contributed by atoms with Gasteiger partial charge in [0.25, 0.3) is 0 Å². The van der Waals surface area contributed by atoms with E-state index >= 15 is 0 Å². The van der Waals surface area contributed by atoms with Crippen molar-refractivity contribution in [1.29, 1.82) is 0 Å². The molecule has 0 saturated heterocycles. The lowest BCUT2D eigenvalue weighted by molar-refractivity contribution is 0.176. The number of halogens is 4. The van der Waals surface area contributed by atoms with Crippen LogP contribution in [0.4, 0.5) is 13.2 Å². The fourth-order valence-electron chi connectivity index (χ4n) is 1.80. The van der Waals surface area contributed by atoms with Gasteiger partial charge in [-0.2, -0.15) is 0 Å². The summed E-state index contributed by atoms with van der Waals surface area (Å²) in [5.74, 6) is -2.47. The quantitative estimate of drug-likeness (QED) is 0.896. The molecule has 1 N–H and O–H groups in total. The van der Waals surface area contributed by atoms with Gasteiger partial charge in [-0.25, -0.2) is 13.2 Å². The zero-order chi connectivity index (χ0) is 14.0. The second-order valence-electron chi connectivity index (χ2n) is 4.14. The summed E-state index contributed by atoms with van der Waals surface area (Å²) in [4.78, 5) is 0. The largest absolute Gasteiger partial charge is 0.388 e. The summed E-state index contributed by atoms with van der Waals surface area (Å²) < 4.78 is 40.2. The lowest BCUT2D eigenvalue weighted by Gasteiger charge is -2.12. The average Bonchev–Trinajstić information content (AvgIpc) is 2.33. The van der Waals surface area contributed by atoms with Gasteiger partial charge in [-0.3, -0.25) is 0 Å². The van der Waals surface area contributed by atoms with E-state index in [9.17, 15) is 18.3 Å². The first-order chi connectivity index (χ1) is 8.97.